The molecule has 12 rings (SSSR count). The van der Waals surface area contributed by atoms with E-state index in [4.69, 9.17) is 0 Å². The second-order valence-corrected chi connectivity index (χ2v) is 17.1. The molecule has 1 unspecified atom stereocenters. The lowest BCUT2D eigenvalue weighted by Crippen LogP contribution is -2.13. The Morgan fingerprint density at radius 3 is 1.77 bits per heavy atom. The summed E-state index contributed by atoms with van der Waals surface area (Å²) < 4.78 is 2.49. The van der Waals surface area contributed by atoms with Crippen LogP contribution in [0.1, 0.15) is 58.7 Å². The Morgan fingerprint density at radius 2 is 1.02 bits per heavy atom. The van der Waals surface area contributed by atoms with Crippen molar-refractivity contribution in [3.63, 3.8) is 0 Å². The van der Waals surface area contributed by atoms with Crippen molar-refractivity contribution in [1.29, 1.82) is 0 Å². The van der Waals surface area contributed by atoms with E-state index in [0.717, 1.165) is 36.3 Å². The van der Waals surface area contributed by atoms with E-state index in [1.165, 1.54) is 88.4 Å². The minimum absolute atomic E-state index is 0.150. The van der Waals surface area contributed by atoms with Crippen molar-refractivity contribution in [3.05, 3.63) is 270 Å². The third-order valence-corrected chi connectivity index (χ3v) is 13.5. The van der Waals surface area contributed by atoms with Gasteiger partial charge in [-0.2, -0.15) is 0 Å². The van der Waals surface area contributed by atoms with Crippen LogP contribution in [0.15, 0.2) is 237 Å². The average molecular weight is 819 g/mol. The first-order chi connectivity index (χ1) is 31.7. The number of rotatable bonds is 8. The van der Waals surface area contributed by atoms with Gasteiger partial charge in [0.25, 0.3) is 0 Å². The maximum absolute atomic E-state index is 2.49. The van der Waals surface area contributed by atoms with Gasteiger partial charge in [-0.3, -0.25) is 0 Å². The predicted molar refractivity (Wildman–Crippen MR) is 271 cm³/mol. The first kappa shape index (κ1) is 37.8. The summed E-state index contributed by atoms with van der Waals surface area (Å²) in [6, 6.07) is 80.3. The lowest BCUT2D eigenvalue weighted by molar-refractivity contribution is 0.814. The van der Waals surface area contributed by atoms with E-state index in [0.29, 0.717) is 0 Å². The van der Waals surface area contributed by atoms with Gasteiger partial charge in [-0.05, 0) is 134 Å². The third-order valence-electron chi connectivity index (χ3n) is 13.5. The lowest BCUT2D eigenvalue weighted by atomic mass is 9.79. The van der Waals surface area contributed by atoms with Gasteiger partial charge < -0.3 is 9.47 Å². The highest BCUT2D eigenvalue weighted by Gasteiger charge is 2.31. The van der Waals surface area contributed by atoms with E-state index >= 15 is 0 Å². The molecule has 0 amide bonds. The maximum Gasteiger partial charge on any atom is 0.0582 e. The molecule has 1 aromatic heterocycles. The minimum Gasteiger partial charge on any atom is -0.310 e. The van der Waals surface area contributed by atoms with Gasteiger partial charge >= 0.3 is 0 Å². The molecule has 0 aliphatic heterocycles. The molecule has 0 saturated carbocycles. The number of hydrogen-bond donors (Lipinski definition) is 0. The number of fused-ring (bicyclic) bond motifs is 6. The first-order valence-electron chi connectivity index (χ1n) is 22.6. The van der Waals surface area contributed by atoms with Crippen molar-refractivity contribution in [3.8, 4) is 5.69 Å². The van der Waals surface area contributed by atoms with Crippen LogP contribution < -0.4 is 4.90 Å². The van der Waals surface area contributed by atoms with Crippen LogP contribution in [0.2, 0.25) is 0 Å². The molecule has 2 nitrogen and oxygen atoms in total. The Bertz CT molecular complexity index is 3440. The summed E-state index contributed by atoms with van der Waals surface area (Å²) in [4.78, 5) is 2.45. The monoisotopic (exact) mass is 818 g/mol. The van der Waals surface area contributed by atoms with Crippen molar-refractivity contribution in [2.45, 2.75) is 25.2 Å². The Kier molecular flexibility index (Phi) is 9.49. The second kappa shape index (κ2) is 16.1. The number of nitrogens with zero attached hydrogens (tertiary/aromatic N) is 2. The van der Waals surface area contributed by atoms with E-state index in [9.17, 15) is 0 Å². The summed E-state index contributed by atoms with van der Waals surface area (Å²) in [5.74, 6) is 0.150. The Balaban J connectivity index is 0.992. The van der Waals surface area contributed by atoms with E-state index in [-0.39, 0.29) is 5.92 Å². The molecule has 64 heavy (non-hydrogen) atoms. The number of para-hydroxylation sites is 2. The highest BCUT2D eigenvalue weighted by molar-refractivity contribution is 6.08. The Morgan fingerprint density at radius 1 is 0.422 bits per heavy atom. The molecule has 10 aromatic rings. The molecule has 0 bridgehead atoms. The van der Waals surface area contributed by atoms with Gasteiger partial charge in [0.15, 0.2) is 0 Å². The topological polar surface area (TPSA) is 8.17 Å². The van der Waals surface area contributed by atoms with E-state index in [1.54, 1.807) is 0 Å². The Hall–Kier alpha value is -7.94. The molecule has 2 heteroatoms. The molecule has 0 N–H and O–H groups in total. The van der Waals surface area contributed by atoms with Crippen LogP contribution in [0.3, 0.4) is 0 Å². The zero-order valence-corrected chi connectivity index (χ0v) is 35.6. The minimum atomic E-state index is 0.150. The highest BCUT2D eigenvalue weighted by Crippen LogP contribution is 2.49. The van der Waals surface area contributed by atoms with Gasteiger partial charge in [0.2, 0.25) is 0 Å². The number of aromatic nitrogens is 1. The average Bonchev–Trinajstić information content (AvgIpc) is 3.73. The number of anilines is 3. The molecular formula is C62H46N2. The molecule has 1 atom stereocenters. The normalized spacial score (nSPS) is 14.8. The van der Waals surface area contributed by atoms with Crippen LogP contribution in [-0.4, -0.2) is 4.57 Å². The molecule has 0 spiro atoms. The van der Waals surface area contributed by atoms with Crippen LogP contribution in [0.4, 0.5) is 17.1 Å². The zero-order chi connectivity index (χ0) is 42.4. The van der Waals surface area contributed by atoms with Crippen LogP contribution in [0.25, 0.3) is 54.9 Å². The fourth-order valence-corrected chi connectivity index (χ4v) is 10.4. The molecule has 0 fully saturated rings. The van der Waals surface area contributed by atoms with Crippen LogP contribution in [-0.2, 0) is 0 Å². The fraction of sp³-hybridized carbons (Fsp3) is 0.0645. The standard InChI is InChI=1S/C62H46N2/c1-4-15-43(16-5-1)44-27-29-45(30-28-44)46-33-35-52(36-34-46)63(54-37-38-56-50(42-54)32-31-48-19-10-11-24-55(48)56)53-23-14-20-49(41-53)57-39-40-58(47-17-6-2-7-18-47)62-61(57)59-25-12-13-26-60(59)64(62)51-21-8-3-9-22-51/h1-27,29,31-38,40-42,57H,28,30,39H2. The third kappa shape index (κ3) is 6.67. The van der Waals surface area contributed by atoms with Gasteiger partial charge in [0.05, 0.1) is 11.2 Å². The quantitative estimate of drug-likeness (QED) is 0.139. The summed E-state index contributed by atoms with van der Waals surface area (Å²) in [5.41, 5.74) is 17.7. The van der Waals surface area contributed by atoms with Gasteiger partial charge in [-0.15, -0.1) is 0 Å². The van der Waals surface area contributed by atoms with Gasteiger partial charge in [-0.1, -0.05) is 182 Å². The second-order valence-electron chi connectivity index (χ2n) is 17.1. The van der Waals surface area contributed by atoms with Crippen LogP contribution >= 0.6 is 0 Å². The van der Waals surface area contributed by atoms with E-state index in [1.807, 2.05) is 0 Å². The largest absolute Gasteiger partial charge is 0.310 e. The summed E-state index contributed by atoms with van der Waals surface area (Å²) in [5, 5.41) is 6.33. The molecule has 2 aliphatic rings. The van der Waals surface area contributed by atoms with Gasteiger partial charge in [0, 0.05) is 39.6 Å². The molecule has 2 aliphatic carbocycles. The van der Waals surface area contributed by atoms with Crippen LogP contribution in [0.5, 0.6) is 0 Å². The Labute approximate surface area is 375 Å². The van der Waals surface area contributed by atoms with Gasteiger partial charge in [-0.25, -0.2) is 0 Å². The summed E-state index contributed by atoms with van der Waals surface area (Å²) in [7, 11) is 0. The van der Waals surface area contributed by atoms with Gasteiger partial charge in [0.1, 0.15) is 0 Å². The summed E-state index contributed by atoms with van der Waals surface area (Å²) >= 11 is 0. The number of benzene rings is 9. The molecule has 0 saturated heterocycles. The first-order valence-corrected chi connectivity index (χ1v) is 22.6. The smallest absolute Gasteiger partial charge is 0.0582 e. The fourth-order valence-electron chi connectivity index (χ4n) is 10.4. The van der Waals surface area contributed by atoms with Crippen molar-refractivity contribution >= 4 is 66.2 Å². The summed E-state index contributed by atoms with van der Waals surface area (Å²) in [6.45, 7) is 0. The molecule has 1 heterocycles. The van der Waals surface area contributed by atoms with Crippen molar-refractivity contribution < 1.29 is 0 Å². The number of allylic oxidation sites excluding steroid dienone is 5. The van der Waals surface area contributed by atoms with Crippen molar-refractivity contribution in [1.82, 2.24) is 4.57 Å². The molecule has 9 aromatic carbocycles. The zero-order valence-electron chi connectivity index (χ0n) is 35.6. The van der Waals surface area contributed by atoms with Crippen LogP contribution in [0, 0.1) is 0 Å². The highest BCUT2D eigenvalue weighted by atomic mass is 15.1. The maximum atomic E-state index is 2.49. The molecular weight excluding hydrogens is 773 g/mol. The van der Waals surface area contributed by atoms with E-state index < -0.39 is 0 Å². The summed E-state index contributed by atoms with van der Waals surface area (Å²) in [6.07, 6.45) is 10.1. The SMILES string of the molecule is C1=C(c2ccccc2)CCC(c2ccc(N(c3cccc(C4CC=C(c5ccccc5)c5c4c4ccccc4n5-c4ccccc4)c3)c3ccc4c(ccc5ccccc54)c3)cc2)=C1. The molecule has 0 radical (unpaired) electrons. The lowest BCUT2D eigenvalue weighted by Gasteiger charge is -2.29. The molecule has 304 valence electrons. The van der Waals surface area contributed by atoms with Crippen molar-refractivity contribution in [2.75, 3.05) is 4.90 Å². The number of hydrogen-bond acceptors (Lipinski definition) is 1. The predicted octanol–water partition coefficient (Wildman–Crippen LogP) is 16.6. The van der Waals surface area contributed by atoms with E-state index in [2.05, 4.69) is 246 Å². The van der Waals surface area contributed by atoms with Crippen molar-refractivity contribution in [2.24, 2.45) is 0 Å².